The zero-order valence-corrected chi connectivity index (χ0v) is 9.20. The summed E-state index contributed by atoms with van der Waals surface area (Å²) < 4.78 is 0. The van der Waals surface area contributed by atoms with E-state index in [0.717, 1.165) is 0 Å². The van der Waals surface area contributed by atoms with Gasteiger partial charge < -0.3 is 23.5 Å². The fourth-order valence-corrected chi connectivity index (χ4v) is 0. The van der Waals surface area contributed by atoms with Crippen LogP contribution in [0.1, 0.15) is 4.28 Å². The van der Waals surface area contributed by atoms with E-state index in [-0.39, 0.29) is 71.6 Å². The molecule has 0 aliphatic carbocycles. The van der Waals surface area contributed by atoms with Crippen LogP contribution in [0.3, 0.4) is 0 Å². The first-order chi connectivity index (χ1) is 2.00. The molecule has 0 heterocycles. The van der Waals surface area contributed by atoms with Crippen LogP contribution in [0.4, 0.5) is 0 Å². The fraction of sp³-hybridized carbons (Fsp3) is 0. The van der Waals surface area contributed by atoms with Crippen LogP contribution >= 0.6 is 0 Å². The molecule has 0 atom stereocenters. The molecular formula is H7CaNaO4Si. The van der Waals surface area contributed by atoms with E-state index in [1.54, 1.807) is 0 Å². The van der Waals surface area contributed by atoms with Gasteiger partial charge in [-0.1, -0.05) is 0 Å². The van der Waals surface area contributed by atoms with E-state index in [4.69, 9.17) is 19.2 Å². The van der Waals surface area contributed by atoms with Crippen LogP contribution in [0.25, 0.3) is 0 Å². The van der Waals surface area contributed by atoms with Crippen molar-refractivity contribution >= 4 is 46.8 Å². The molecule has 7 heteroatoms. The topological polar surface area (TPSA) is 80.9 Å². The molecule has 7 heavy (non-hydrogen) atoms. The third-order valence-corrected chi connectivity index (χ3v) is 0. The Balaban J connectivity index is -0.00000000800. The summed E-state index contributed by atoms with van der Waals surface area (Å²) in [5.41, 5.74) is 0. The Kier molecular flexibility index (Phi) is 14.9. The monoisotopic (exact) mass is 162 g/mol. The van der Waals surface area contributed by atoms with Crippen molar-refractivity contribution in [2.75, 3.05) is 0 Å². The van der Waals surface area contributed by atoms with Crippen LogP contribution in [0.5, 0.6) is 0 Å². The van der Waals surface area contributed by atoms with Crippen molar-refractivity contribution in [3.8, 4) is 0 Å². The summed E-state index contributed by atoms with van der Waals surface area (Å²) in [6, 6.07) is 0. The molecule has 0 saturated heterocycles. The molecule has 0 fully saturated rings. The molecule has 0 radical (unpaired) electrons. The largest absolute Gasteiger partial charge is 2.00 e. The number of hydrogen-bond acceptors (Lipinski definition) is 4. The van der Waals surface area contributed by atoms with E-state index >= 15 is 0 Å². The van der Waals surface area contributed by atoms with Gasteiger partial charge in [-0.2, -0.15) is 0 Å². The van der Waals surface area contributed by atoms with Gasteiger partial charge in [-0.25, -0.2) is 0 Å². The normalized spacial score (nSPS) is 8.57. The van der Waals surface area contributed by atoms with Crippen molar-refractivity contribution in [2.24, 2.45) is 0 Å². The molecule has 0 amide bonds. The second-order valence-electron chi connectivity index (χ2n) is 0.600. The van der Waals surface area contributed by atoms with Gasteiger partial charge in [0.1, 0.15) is 0 Å². The average Bonchev–Trinajstić information content (AvgIpc) is 0.722. The average molecular weight is 162 g/mol. The van der Waals surface area contributed by atoms with Gasteiger partial charge in [-0.15, -0.1) is 0 Å². The summed E-state index contributed by atoms with van der Waals surface area (Å²) in [5.74, 6) is 0. The Morgan fingerprint density at radius 1 is 1.00 bits per heavy atom. The summed E-state index contributed by atoms with van der Waals surface area (Å²) in [6.07, 6.45) is 0. The predicted octanol–water partition coefficient (Wildman–Crippen LogP) is -5.65. The van der Waals surface area contributed by atoms with Gasteiger partial charge in [0.25, 0.3) is 0 Å². The van der Waals surface area contributed by atoms with Gasteiger partial charge in [0, 0.05) is 0 Å². The van der Waals surface area contributed by atoms with Crippen LogP contribution in [0.15, 0.2) is 0 Å². The van der Waals surface area contributed by atoms with E-state index < -0.39 is 9.05 Å². The van der Waals surface area contributed by atoms with E-state index in [0.29, 0.717) is 0 Å². The molecule has 0 rings (SSSR count). The van der Waals surface area contributed by atoms with Crippen LogP contribution in [-0.2, 0) is 0 Å². The number of hydrogen-bond donors (Lipinski definition) is 4. The maximum Gasteiger partial charge on any atom is 2.00 e. The molecule has 0 spiro atoms. The van der Waals surface area contributed by atoms with Gasteiger partial charge in [0.15, 0.2) is 0 Å². The van der Waals surface area contributed by atoms with Crippen molar-refractivity contribution in [2.45, 2.75) is 0 Å². The second-order valence-corrected chi connectivity index (χ2v) is 1.80. The first kappa shape index (κ1) is 16.2. The first-order valence-electron chi connectivity index (χ1n) is 0.894. The van der Waals surface area contributed by atoms with Gasteiger partial charge in [0.2, 0.25) is 0 Å². The molecule has 4 nitrogen and oxygen atoms in total. The Labute approximate surface area is 98.4 Å². The standard InChI is InChI=1S/Ca.Na.H4O4Si.3H/c;;1-5(2,3)4;;;/h;;1-4H;;;/q+2;+1;;3*-1. The Morgan fingerprint density at radius 2 is 1.00 bits per heavy atom. The maximum absolute atomic E-state index is 7.33. The van der Waals surface area contributed by atoms with Crippen molar-refractivity contribution in [1.82, 2.24) is 0 Å². The van der Waals surface area contributed by atoms with Crippen molar-refractivity contribution in [3.63, 3.8) is 0 Å². The summed E-state index contributed by atoms with van der Waals surface area (Å²) in [7, 11) is -4.61. The molecule has 0 aromatic heterocycles. The molecule has 0 aromatic rings. The summed E-state index contributed by atoms with van der Waals surface area (Å²) >= 11 is 0. The molecule has 0 aromatic carbocycles. The third kappa shape index (κ3) is 61.8. The quantitative estimate of drug-likeness (QED) is 0.268. The minimum Gasteiger partial charge on any atom is -1.00 e. The Hall–Kier alpha value is 2.32. The molecule has 0 saturated carbocycles. The van der Waals surface area contributed by atoms with E-state index in [1.807, 2.05) is 0 Å². The first-order valence-corrected chi connectivity index (χ1v) is 2.68. The zero-order chi connectivity index (χ0) is 4.50. The molecular weight excluding hydrogens is 155 g/mol. The van der Waals surface area contributed by atoms with E-state index in [2.05, 4.69) is 0 Å². The fourth-order valence-electron chi connectivity index (χ4n) is 0. The van der Waals surface area contributed by atoms with Crippen molar-refractivity contribution in [3.05, 3.63) is 0 Å². The van der Waals surface area contributed by atoms with Crippen molar-refractivity contribution < 1.29 is 53.0 Å². The maximum atomic E-state index is 7.33. The summed E-state index contributed by atoms with van der Waals surface area (Å²) in [6.45, 7) is 0. The zero-order valence-electron chi connectivity index (χ0n) is 7.00. The molecule has 38 valence electrons. The van der Waals surface area contributed by atoms with Crippen LogP contribution < -0.4 is 29.6 Å². The van der Waals surface area contributed by atoms with E-state index in [1.165, 1.54) is 0 Å². The third-order valence-electron chi connectivity index (χ3n) is 0. The molecule has 0 aliphatic heterocycles. The number of rotatable bonds is 0. The van der Waals surface area contributed by atoms with Crippen LogP contribution in [-0.4, -0.2) is 66.0 Å². The SMILES string of the molecule is O[Si](O)(O)O.[Ca+2].[H-].[H-].[H-].[Na+]. The van der Waals surface area contributed by atoms with Crippen LogP contribution in [0, 0.1) is 0 Å². The van der Waals surface area contributed by atoms with Gasteiger partial charge in [0.05, 0.1) is 0 Å². The predicted molar refractivity (Wildman–Crippen MR) is 23.7 cm³/mol. The minimum atomic E-state index is -4.61. The molecule has 4 N–H and O–H groups in total. The molecule has 0 aliphatic rings. The Morgan fingerprint density at radius 3 is 1.00 bits per heavy atom. The van der Waals surface area contributed by atoms with Gasteiger partial charge >= 0.3 is 76.3 Å². The second kappa shape index (κ2) is 6.44. The van der Waals surface area contributed by atoms with E-state index in [9.17, 15) is 0 Å². The molecule has 0 unspecified atom stereocenters. The van der Waals surface area contributed by atoms with Gasteiger partial charge in [-0.3, -0.25) is 0 Å². The van der Waals surface area contributed by atoms with Crippen LogP contribution in [0.2, 0.25) is 0 Å². The summed E-state index contributed by atoms with van der Waals surface area (Å²) in [4.78, 5) is 29.3. The van der Waals surface area contributed by atoms with Crippen molar-refractivity contribution in [1.29, 1.82) is 0 Å². The molecule has 0 bridgehead atoms. The Bertz CT molecular complexity index is 36.0. The van der Waals surface area contributed by atoms with Gasteiger partial charge in [-0.05, 0) is 0 Å². The smallest absolute Gasteiger partial charge is 1.00 e. The minimum absolute atomic E-state index is 0. The summed E-state index contributed by atoms with van der Waals surface area (Å²) in [5, 5.41) is 0.